The number of pyridine rings is 2. The van der Waals surface area contributed by atoms with Crippen LogP contribution < -0.4 is 29.9 Å². The van der Waals surface area contributed by atoms with Crippen molar-refractivity contribution in [1.82, 2.24) is 15.3 Å². The molecular formula is C26H28N6O6. The first-order valence-electron chi connectivity index (χ1n) is 12.4. The Bertz CT molecular complexity index is 1390. The first-order chi connectivity index (χ1) is 18.5. The van der Waals surface area contributed by atoms with E-state index in [1.807, 2.05) is 12.1 Å². The van der Waals surface area contributed by atoms with E-state index < -0.39 is 6.09 Å². The van der Waals surface area contributed by atoms with Crippen LogP contribution in [0.3, 0.4) is 0 Å². The third-order valence-electron chi connectivity index (χ3n) is 7.05. The summed E-state index contributed by atoms with van der Waals surface area (Å²) in [7, 11) is 3.29. The molecule has 0 spiro atoms. The first-order valence-corrected chi connectivity index (χ1v) is 12.4. The van der Waals surface area contributed by atoms with Crippen molar-refractivity contribution >= 4 is 40.1 Å². The minimum atomic E-state index is -0.431. The summed E-state index contributed by atoms with van der Waals surface area (Å²) >= 11 is 0. The molecule has 5 heterocycles. The number of benzene rings is 1. The molecular weight excluding hydrogens is 492 g/mol. The highest BCUT2D eigenvalue weighted by Gasteiger charge is 2.37. The van der Waals surface area contributed by atoms with Crippen LogP contribution in [0.15, 0.2) is 42.6 Å². The molecule has 2 fully saturated rings. The highest BCUT2D eigenvalue weighted by atomic mass is 16.6. The van der Waals surface area contributed by atoms with E-state index in [1.54, 1.807) is 49.6 Å². The van der Waals surface area contributed by atoms with Crippen molar-refractivity contribution in [3.05, 3.63) is 42.6 Å². The van der Waals surface area contributed by atoms with Gasteiger partial charge in [0.1, 0.15) is 17.4 Å². The maximum atomic E-state index is 12.6. The van der Waals surface area contributed by atoms with Crippen LogP contribution in [0.2, 0.25) is 0 Å². The summed E-state index contributed by atoms with van der Waals surface area (Å²) in [6.07, 6.45) is 0.934. The summed E-state index contributed by atoms with van der Waals surface area (Å²) in [6.45, 7) is 2.19. The van der Waals surface area contributed by atoms with E-state index in [1.165, 1.54) is 0 Å². The van der Waals surface area contributed by atoms with Crippen molar-refractivity contribution in [2.75, 3.05) is 62.1 Å². The fourth-order valence-electron chi connectivity index (χ4n) is 5.13. The molecule has 3 aromatic rings. The van der Waals surface area contributed by atoms with E-state index in [0.717, 1.165) is 16.7 Å². The lowest BCUT2D eigenvalue weighted by Crippen LogP contribution is -2.44. The maximum Gasteiger partial charge on any atom is 0.414 e. The molecule has 0 aliphatic carbocycles. The number of rotatable bonds is 7. The molecule has 1 aromatic carbocycles. The number of nitrogens with one attached hydrogen (secondary N) is 2. The van der Waals surface area contributed by atoms with Crippen molar-refractivity contribution in [3.63, 3.8) is 0 Å². The molecule has 0 unspecified atom stereocenters. The van der Waals surface area contributed by atoms with Gasteiger partial charge < -0.3 is 34.5 Å². The van der Waals surface area contributed by atoms with E-state index >= 15 is 0 Å². The number of hydrogen-bond acceptors (Lipinski definition) is 10. The van der Waals surface area contributed by atoms with Crippen LogP contribution in [0.5, 0.6) is 11.6 Å². The largest absolute Gasteiger partial charge is 0.482 e. The highest BCUT2D eigenvalue weighted by Crippen LogP contribution is 2.34. The Hall–Kier alpha value is -4.16. The van der Waals surface area contributed by atoms with Gasteiger partial charge in [-0.25, -0.2) is 9.78 Å². The number of anilines is 3. The standard InChI is InChI=1S/C26H28N6O6/c1-35-22-13-31(20-7-8-27-17-4-6-24(36-2)30-25(17)20)12-19(22)28-10-16-11-32(26(34)38-16)15-3-5-21-18(9-15)29-23(33)14-37-21/h3-9,16,19,22,28H,10-14H2,1-2H3,(H,29,33)/t16-,19+,22+/m1/s1. The molecule has 12 nitrogen and oxygen atoms in total. The Morgan fingerprint density at radius 2 is 2.03 bits per heavy atom. The van der Waals surface area contributed by atoms with E-state index in [9.17, 15) is 9.59 Å². The second kappa shape index (κ2) is 9.95. The van der Waals surface area contributed by atoms with Crippen LogP contribution in [-0.2, 0) is 14.3 Å². The van der Waals surface area contributed by atoms with Gasteiger partial charge in [-0.05, 0) is 30.3 Å². The van der Waals surface area contributed by atoms with Crippen LogP contribution in [0, 0.1) is 0 Å². The average Bonchev–Trinajstić information content (AvgIpc) is 3.53. The number of cyclic esters (lactones) is 1. The molecule has 3 atom stereocenters. The van der Waals surface area contributed by atoms with Crippen molar-refractivity contribution in [1.29, 1.82) is 0 Å². The first kappa shape index (κ1) is 24.2. The number of hydrogen-bond donors (Lipinski definition) is 2. The van der Waals surface area contributed by atoms with Gasteiger partial charge in [0.25, 0.3) is 5.91 Å². The van der Waals surface area contributed by atoms with Crippen LogP contribution in [0.25, 0.3) is 11.0 Å². The van der Waals surface area contributed by atoms with Gasteiger partial charge in [-0.1, -0.05) is 0 Å². The predicted octanol–water partition coefficient (Wildman–Crippen LogP) is 1.79. The molecule has 38 heavy (non-hydrogen) atoms. The summed E-state index contributed by atoms with van der Waals surface area (Å²) in [5, 5.41) is 6.30. The van der Waals surface area contributed by atoms with Crippen LogP contribution in [0.4, 0.5) is 21.9 Å². The van der Waals surface area contributed by atoms with Gasteiger partial charge in [-0.15, -0.1) is 0 Å². The zero-order valence-electron chi connectivity index (χ0n) is 21.0. The Morgan fingerprint density at radius 3 is 2.87 bits per heavy atom. The highest BCUT2D eigenvalue weighted by molar-refractivity contribution is 5.97. The Kier molecular flexibility index (Phi) is 6.34. The molecule has 2 amide bonds. The SMILES string of the molecule is COc1ccc2nccc(N3C[C@H](NC[C@@H]4CN(c5ccc6c(c5)NC(=O)CO6)C(=O)O4)[C@@H](OC)C3)c2n1. The zero-order valence-corrected chi connectivity index (χ0v) is 21.0. The fraction of sp³-hybridized carbons (Fsp3) is 0.385. The molecule has 12 heteroatoms. The number of methoxy groups -OCH3 is 2. The number of ether oxygens (including phenoxy) is 4. The maximum absolute atomic E-state index is 12.6. The Morgan fingerprint density at radius 1 is 1.13 bits per heavy atom. The predicted molar refractivity (Wildman–Crippen MR) is 139 cm³/mol. The fourth-order valence-corrected chi connectivity index (χ4v) is 5.13. The monoisotopic (exact) mass is 520 g/mol. The molecule has 2 aromatic heterocycles. The van der Waals surface area contributed by atoms with Crippen molar-refractivity contribution in [2.45, 2.75) is 18.2 Å². The van der Waals surface area contributed by atoms with Gasteiger partial charge in [0.2, 0.25) is 5.88 Å². The van der Waals surface area contributed by atoms with Gasteiger partial charge in [0, 0.05) is 44.7 Å². The topological polar surface area (TPSA) is 127 Å². The molecule has 6 rings (SSSR count). The number of carbonyl (C=O) groups excluding carboxylic acids is 2. The lowest BCUT2D eigenvalue weighted by molar-refractivity contribution is -0.118. The number of amides is 2. The van der Waals surface area contributed by atoms with E-state index in [-0.39, 0.29) is 30.8 Å². The molecule has 2 N–H and O–H groups in total. The van der Waals surface area contributed by atoms with Gasteiger partial charge in [0.15, 0.2) is 6.61 Å². The van der Waals surface area contributed by atoms with Crippen LogP contribution in [-0.4, -0.2) is 87.2 Å². The normalized spacial score (nSPS) is 22.7. The number of nitrogens with zero attached hydrogens (tertiary/aromatic N) is 4. The molecule has 3 aliphatic heterocycles. The van der Waals surface area contributed by atoms with Crippen molar-refractivity contribution < 1.29 is 28.5 Å². The zero-order chi connectivity index (χ0) is 26.2. The summed E-state index contributed by atoms with van der Waals surface area (Å²) in [5.74, 6) is 0.880. The summed E-state index contributed by atoms with van der Waals surface area (Å²) in [4.78, 5) is 37.1. The van der Waals surface area contributed by atoms with Crippen LogP contribution in [0.1, 0.15) is 0 Å². The molecule has 3 aliphatic rings. The van der Waals surface area contributed by atoms with Gasteiger partial charge in [0.05, 0.1) is 42.7 Å². The lowest BCUT2D eigenvalue weighted by atomic mass is 10.2. The van der Waals surface area contributed by atoms with Gasteiger partial charge in [-0.2, -0.15) is 0 Å². The second-order valence-corrected chi connectivity index (χ2v) is 9.38. The summed E-state index contributed by atoms with van der Waals surface area (Å²) in [6, 6.07) is 10.9. The minimum absolute atomic E-state index is 0.0117. The van der Waals surface area contributed by atoms with E-state index in [0.29, 0.717) is 49.2 Å². The molecule has 0 saturated carbocycles. The Labute approximate surface area is 218 Å². The van der Waals surface area contributed by atoms with E-state index in [2.05, 4.69) is 25.5 Å². The quantitative estimate of drug-likeness (QED) is 0.476. The van der Waals surface area contributed by atoms with Gasteiger partial charge >= 0.3 is 6.09 Å². The van der Waals surface area contributed by atoms with Crippen molar-refractivity contribution in [2.24, 2.45) is 0 Å². The molecule has 0 bridgehead atoms. The minimum Gasteiger partial charge on any atom is -0.482 e. The second-order valence-electron chi connectivity index (χ2n) is 9.38. The lowest BCUT2D eigenvalue weighted by Gasteiger charge is -2.21. The Balaban J connectivity index is 1.12. The third-order valence-corrected chi connectivity index (χ3v) is 7.05. The van der Waals surface area contributed by atoms with Crippen molar-refractivity contribution in [3.8, 4) is 11.6 Å². The summed E-state index contributed by atoms with van der Waals surface area (Å²) < 4.78 is 22.2. The number of aromatic nitrogens is 2. The number of carbonyl (C=O) groups is 2. The molecule has 2 saturated heterocycles. The third kappa shape index (κ3) is 4.52. The van der Waals surface area contributed by atoms with Gasteiger partial charge in [-0.3, -0.25) is 14.7 Å². The smallest absolute Gasteiger partial charge is 0.414 e. The van der Waals surface area contributed by atoms with Crippen LogP contribution >= 0.6 is 0 Å². The summed E-state index contributed by atoms with van der Waals surface area (Å²) in [5.41, 5.74) is 3.70. The number of fused-ring (bicyclic) bond motifs is 2. The van der Waals surface area contributed by atoms with E-state index in [4.69, 9.17) is 18.9 Å². The average molecular weight is 521 g/mol. The molecule has 0 radical (unpaired) electrons. The molecule has 198 valence electrons.